The highest BCUT2D eigenvalue weighted by atomic mass is 32.1. The summed E-state index contributed by atoms with van der Waals surface area (Å²) in [5.41, 5.74) is 3.46. The van der Waals surface area contributed by atoms with Crippen molar-refractivity contribution in [1.29, 1.82) is 0 Å². The summed E-state index contributed by atoms with van der Waals surface area (Å²) in [5.74, 6) is -0.160. The van der Waals surface area contributed by atoms with Gasteiger partial charge in [0.2, 0.25) is 0 Å². The third-order valence-electron chi connectivity index (χ3n) is 4.79. The Morgan fingerprint density at radius 1 is 1.21 bits per heavy atom. The van der Waals surface area contributed by atoms with Gasteiger partial charge in [0.05, 0.1) is 22.9 Å². The van der Waals surface area contributed by atoms with Crippen LogP contribution in [0.5, 0.6) is 0 Å². The predicted molar refractivity (Wildman–Crippen MR) is 97.0 cm³/mol. The number of carbonyl (C=O) groups excluding carboxylic acids is 1. The van der Waals surface area contributed by atoms with Gasteiger partial charge >= 0.3 is 7.12 Å². The lowest BCUT2D eigenvalue weighted by atomic mass is 9.76. The molecule has 0 spiro atoms. The molecule has 0 bridgehead atoms. The second kappa shape index (κ2) is 5.99. The average Bonchev–Trinajstić information content (AvgIpc) is 3.08. The number of hydrogen-bond acceptors (Lipinski definition) is 5. The molecule has 1 N–H and O–H groups in total. The molecule has 1 fully saturated rings. The number of rotatable bonds is 3. The highest BCUT2D eigenvalue weighted by Gasteiger charge is 2.52. The van der Waals surface area contributed by atoms with Gasteiger partial charge in [-0.1, -0.05) is 12.1 Å². The molecule has 1 aromatic heterocycles. The minimum atomic E-state index is -0.449. The Hall–Kier alpha value is -1.70. The number of nitrogens with one attached hydrogen (secondary N) is 1. The van der Waals surface area contributed by atoms with E-state index in [2.05, 4.69) is 10.3 Å². The summed E-state index contributed by atoms with van der Waals surface area (Å²) in [7, 11) is -0.449. The first-order valence-corrected chi connectivity index (χ1v) is 8.74. The van der Waals surface area contributed by atoms with Gasteiger partial charge in [0.15, 0.2) is 0 Å². The van der Waals surface area contributed by atoms with Crippen molar-refractivity contribution in [2.24, 2.45) is 0 Å². The van der Waals surface area contributed by atoms with Crippen molar-refractivity contribution in [2.45, 2.75) is 45.8 Å². The number of aromatic nitrogens is 1. The van der Waals surface area contributed by atoms with Crippen molar-refractivity contribution in [3.05, 3.63) is 40.3 Å². The minimum Gasteiger partial charge on any atom is -0.399 e. The van der Waals surface area contributed by atoms with Crippen molar-refractivity contribution in [3.8, 4) is 0 Å². The summed E-state index contributed by atoms with van der Waals surface area (Å²) in [6, 6.07) is 5.75. The largest absolute Gasteiger partial charge is 0.495 e. The van der Waals surface area contributed by atoms with E-state index in [-0.39, 0.29) is 5.91 Å². The van der Waals surface area contributed by atoms with Crippen molar-refractivity contribution in [3.63, 3.8) is 0 Å². The molecule has 1 saturated heterocycles. The maximum Gasteiger partial charge on any atom is 0.495 e. The van der Waals surface area contributed by atoms with Crippen LogP contribution in [0.2, 0.25) is 0 Å². The summed E-state index contributed by atoms with van der Waals surface area (Å²) in [6.45, 7) is 10.1. The molecule has 24 heavy (non-hydrogen) atoms. The molecule has 126 valence electrons. The number of nitrogens with zero attached hydrogens (tertiary/aromatic N) is 1. The van der Waals surface area contributed by atoms with Crippen molar-refractivity contribution in [1.82, 2.24) is 4.98 Å². The highest BCUT2D eigenvalue weighted by molar-refractivity contribution is 7.11. The first kappa shape index (κ1) is 17.1. The van der Waals surface area contributed by atoms with E-state index in [0.29, 0.717) is 4.88 Å². The Morgan fingerprint density at radius 2 is 1.88 bits per heavy atom. The van der Waals surface area contributed by atoms with Gasteiger partial charge in [0.25, 0.3) is 5.91 Å². The van der Waals surface area contributed by atoms with Gasteiger partial charge < -0.3 is 14.6 Å². The Morgan fingerprint density at radius 3 is 2.46 bits per heavy atom. The number of anilines is 1. The van der Waals surface area contributed by atoms with Crippen LogP contribution in [0.25, 0.3) is 0 Å². The zero-order chi connectivity index (χ0) is 17.5. The molecule has 1 amide bonds. The van der Waals surface area contributed by atoms with E-state index in [1.54, 1.807) is 11.7 Å². The average molecular weight is 344 g/mol. The third kappa shape index (κ3) is 2.99. The number of hydrogen-bond donors (Lipinski definition) is 1. The van der Waals surface area contributed by atoms with E-state index < -0.39 is 18.3 Å². The maximum atomic E-state index is 12.3. The van der Waals surface area contributed by atoms with Crippen LogP contribution in [-0.4, -0.2) is 29.2 Å². The topological polar surface area (TPSA) is 60.5 Å². The fraction of sp³-hybridized carbons (Fsp3) is 0.412. The molecule has 0 atom stereocenters. The normalized spacial score (nSPS) is 18.6. The molecule has 1 aliphatic rings. The van der Waals surface area contributed by atoms with Crippen LogP contribution in [0.15, 0.2) is 29.9 Å². The minimum absolute atomic E-state index is 0.160. The molecule has 1 aliphatic heterocycles. The smallest absolute Gasteiger partial charge is 0.399 e. The Labute approximate surface area is 146 Å². The molecule has 0 saturated carbocycles. The molecular formula is C17H21BN2O3S. The van der Waals surface area contributed by atoms with Crippen LogP contribution in [0, 0.1) is 6.92 Å². The molecule has 3 rings (SSSR count). The SMILES string of the molecule is Cc1c(NC(=O)c2cncs2)cccc1B1OC(C)(C)C(C)(C)O1. The van der Waals surface area contributed by atoms with Crippen LogP contribution in [0.3, 0.4) is 0 Å². The highest BCUT2D eigenvalue weighted by Crippen LogP contribution is 2.37. The molecule has 2 aromatic rings. The molecule has 0 aliphatic carbocycles. The molecule has 0 radical (unpaired) electrons. The zero-order valence-corrected chi connectivity index (χ0v) is 15.4. The maximum absolute atomic E-state index is 12.3. The second-order valence-electron chi connectivity index (χ2n) is 6.93. The predicted octanol–water partition coefficient (Wildman–Crippen LogP) is 3.00. The van der Waals surface area contributed by atoms with Gasteiger partial charge in [-0.15, -0.1) is 11.3 Å². The van der Waals surface area contributed by atoms with Crippen LogP contribution < -0.4 is 10.8 Å². The van der Waals surface area contributed by atoms with E-state index in [0.717, 1.165) is 16.7 Å². The Bertz CT molecular complexity index is 743. The Kier molecular flexibility index (Phi) is 4.27. The van der Waals surface area contributed by atoms with E-state index in [9.17, 15) is 4.79 Å². The fourth-order valence-electron chi connectivity index (χ4n) is 2.53. The second-order valence-corrected chi connectivity index (χ2v) is 7.81. The number of thiazole rings is 1. The quantitative estimate of drug-likeness (QED) is 0.870. The summed E-state index contributed by atoms with van der Waals surface area (Å²) >= 11 is 1.31. The van der Waals surface area contributed by atoms with Gasteiger partial charge in [0.1, 0.15) is 4.88 Å². The molecule has 1 aromatic carbocycles. The van der Waals surface area contributed by atoms with Gasteiger partial charge in [-0.2, -0.15) is 0 Å². The van der Waals surface area contributed by atoms with Gasteiger partial charge in [-0.3, -0.25) is 9.78 Å². The summed E-state index contributed by atoms with van der Waals surface area (Å²) < 4.78 is 12.2. The van der Waals surface area contributed by atoms with E-state index in [4.69, 9.17) is 9.31 Å². The Balaban J connectivity index is 1.86. The molecule has 0 unspecified atom stereocenters. The standard InChI is InChI=1S/C17H21BN2O3S/c1-11-12(18-22-16(2,3)17(4,5)23-18)7-6-8-13(11)20-15(21)14-9-19-10-24-14/h6-10H,1-5H3,(H,20,21). The molecule has 5 nitrogen and oxygen atoms in total. The van der Waals surface area contributed by atoms with Crippen molar-refractivity contribution >= 4 is 35.5 Å². The fourth-order valence-corrected chi connectivity index (χ4v) is 3.04. The van der Waals surface area contributed by atoms with Crippen LogP contribution in [0.4, 0.5) is 5.69 Å². The van der Waals surface area contributed by atoms with E-state index in [1.165, 1.54) is 11.3 Å². The number of benzene rings is 1. The van der Waals surface area contributed by atoms with E-state index in [1.807, 2.05) is 52.8 Å². The summed E-state index contributed by atoms with van der Waals surface area (Å²) in [5, 5.41) is 2.94. The number of carbonyl (C=O) groups is 1. The first-order valence-electron chi connectivity index (χ1n) is 7.86. The van der Waals surface area contributed by atoms with Gasteiger partial charge in [-0.25, -0.2) is 0 Å². The van der Waals surface area contributed by atoms with Gasteiger partial charge in [0, 0.05) is 5.69 Å². The van der Waals surface area contributed by atoms with Crippen LogP contribution >= 0.6 is 11.3 Å². The van der Waals surface area contributed by atoms with Crippen LogP contribution in [-0.2, 0) is 9.31 Å². The molecule has 2 heterocycles. The van der Waals surface area contributed by atoms with Gasteiger partial charge in [-0.05, 0) is 51.7 Å². The third-order valence-corrected chi connectivity index (χ3v) is 5.56. The lowest BCUT2D eigenvalue weighted by molar-refractivity contribution is 0.00578. The van der Waals surface area contributed by atoms with Crippen molar-refractivity contribution in [2.75, 3.05) is 5.32 Å². The lowest BCUT2D eigenvalue weighted by Crippen LogP contribution is -2.41. The van der Waals surface area contributed by atoms with Crippen molar-refractivity contribution < 1.29 is 14.1 Å². The summed E-state index contributed by atoms with van der Waals surface area (Å²) in [4.78, 5) is 16.8. The molecular weight excluding hydrogens is 323 g/mol. The van der Waals surface area contributed by atoms with Crippen LogP contribution in [0.1, 0.15) is 42.9 Å². The number of amides is 1. The lowest BCUT2D eigenvalue weighted by Gasteiger charge is -2.32. The zero-order valence-electron chi connectivity index (χ0n) is 14.5. The molecule has 7 heteroatoms. The monoisotopic (exact) mass is 344 g/mol. The summed E-state index contributed by atoms with van der Waals surface area (Å²) in [6.07, 6.45) is 1.56. The van der Waals surface area contributed by atoms with E-state index >= 15 is 0 Å². The first-order chi connectivity index (χ1) is 11.2.